The summed E-state index contributed by atoms with van der Waals surface area (Å²) in [5, 5.41) is 9.53. The molecular weight excluding hydrogens is 172 g/mol. The first-order valence-corrected chi connectivity index (χ1v) is 5.32. The molecule has 76 valence electrons. The molecule has 1 heteroatoms. The van der Waals surface area contributed by atoms with Gasteiger partial charge in [-0.15, -0.1) is 0 Å². The van der Waals surface area contributed by atoms with Crippen molar-refractivity contribution in [2.24, 2.45) is 0 Å². The minimum atomic E-state index is -0.350. The summed E-state index contributed by atoms with van der Waals surface area (Å²) in [6.45, 7) is 6.39. The topological polar surface area (TPSA) is 20.2 Å². The standard InChI is InChI=1S/C13H18O/c1-9(14)11-5-4-10-6-7-13(2,3)12(10)8-11/h4-5,8-9,14H,6-7H2,1-3H3. The highest BCUT2D eigenvalue weighted by molar-refractivity contribution is 5.41. The van der Waals surface area contributed by atoms with Crippen molar-refractivity contribution in [3.63, 3.8) is 0 Å². The second kappa shape index (κ2) is 3.09. The lowest BCUT2D eigenvalue weighted by Crippen LogP contribution is -2.12. The van der Waals surface area contributed by atoms with Crippen molar-refractivity contribution in [2.75, 3.05) is 0 Å². The Hall–Kier alpha value is -0.820. The van der Waals surface area contributed by atoms with E-state index in [1.807, 2.05) is 13.0 Å². The first-order chi connectivity index (χ1) is 6.50. The van der Waals surface area contributed by atoms with Crippen LogP contribution in [0.1, 0.15) is 50.0 Å². The van der Waals surface area contributed by atoms with Crippen LogP contribution in [0, 0.1) is 0 Å². The number of hydrogen-bond donors (Lipinski definition) is 1. The Bertz CT molecular complexity index is 350. The second-order valence-corrected chi connectivity index (χ2v) is 4.98. The maximum Gasteiger partial charge on any atom is 0.0762 e. The van der Waals surface area contributed by atoms with E-state index in [0.29, 0.717) is 5.41 Å². The van der Waals surface area contributed by atoms with Gasteiger partial charge in [-0.05, 0) is 41.9 Å². The number of benzene rings is 1. The number of hydrogen-bond acceptors (Lipinski definition) is 1. The molecule has 0 spiro atoms. The lowest BCUT2D eigenvalue weighted by molar-refractivity contribution is 0.199. The summed E-state index contributed by atoms with van der Waals surface area (Å²) in [7, 11) is 0. The van der Waals surface area contributed by atoms with Crippen molar-refractivity contribution in [1.29, 1.82) is 0 Å². The number of rotatable bonds is 1. The molecule has 1 aliphatic rings. The monoisotopic (exact) mass is 190 g/mol. The van der Waals surface area contributed by atoms with Crippen LogP contribution in [0.3, 0.4) is 0 Å². The van der Waals surface area contributed by atoms with Crippen LogP contribution in [0.15, 0.2) is 18.2 Å². The fourth-order valence-corrected chi connectivity index (χ4v) is 2.28. The van der Waals surface area contributed by atoms with E-state index < -0.39 is 0 Å². The highest BCUT2D eigenvalue weighted by Gasteiger charge is 2.29. The van der Waals surface area contributed by atoms with Gasteiger partial charge >= 0.3 is 0 Å². The van der Waals surface area contributed by atoms with Gasteiger partial charge in [-0.3, -0.25) is 0 Å². The van der Waals surface area contributed by atoms with Crippen molar-refractivity contribution in [3.8, 4) is 0 Å². The van der Waals surface area contributed by atoms with Crippen molar-refractivity contribution >= 4 is 0 Å². The SMILES string of the molecule is CC(O)c1ccc2c(c1)C(C)(C)CC2. The molecule has 0 radical (unpaired) electrons. The minimum absolute atomic E-state index is 0.292. The molecule has 0 amide bonds. The molecule has 1 N–H and O–H groups in total. The fraction of sp³-hybridized carbons (Fsp3) is 0.538. The van der Waals surface area contributed by atoms with Gasteiger partial charge in [0.25, 0.3) is 0 Å². The Labute approximate surface area is 85.8 Å². The Balaban J connectivity index is 2.48. The number of aliphatic hydroxyl groups excluding tert-OH is 1. The van der Waals surface area contributed by atoms with Crippen molar-refractivity contribution in [3.05, 3.63) is 34.9 Å². The molecule has 1 unspecified atom stereocenters. The first-order valence-electron chi connectivity index (χ1n) is 5.32. The quantitative estimate of drug-likeness (QED) is 0.722. The van der Waals surface area contributed by atoms with Crippen LogP contribution in [0.25, 0.3) is 0 Å². The fourth-order valence-electron chi connectivity index (χ4n) is 2.28. The number of fused-ring (bicyclic) bond motifs is 1. The summed E-state index contributed by atoms with van der Waals surface area (Å²) < 4.78 is 0. The molecule has 0 saturated heterocycles. The predicted octanol–water partition coefficient (Wildman–Crippen LogP) is 2.96. The van der Waals surface area contributed by atoms with Crippen molar-refractivity contribution in [2.45, 2.75) is 45.1 Å². The van der Waals surface area contributed by atoms with Crippen molar-refractivity contribution < 1.29 is 5.11 Å². The molecule has 0 bridgehead atoms. The number of aliphatic hydroxyl groups is 1. The summed E-state index contributed by atoms with van der Waals surface area (Å²) in [5.74, 6) is 0. The predicted molar refractivity (Wildman–Crippen MR) is 58.4 cm³/mol. The third-order valence-corrected chi connectivity index (χ3v) is 3.36. The molecule has 1 aliphatic carbocycles. The van der Waals surface area contributed by atoms with Crippen LogP contribution in [0.2, 0.25) is 0 Å². The van der Waals surface area contributed by atoms with Crippen LogP contribution in [0.5, 0.6) is 0 Å². The summed E-state index contributed by atoms with van der Waals surface area (Å²) in [5.41, 5.74) is 4.22. The lowest BCUT2D eigenvalue weighted by Gasteiger charge is -2.20. The second-order valence-electron chi connectivity index (χ2n) is 4.98. The maximum absolute atomic E-state index is 9.53. The Morgan fingerprint density at radius 3 is 2.71 bits per heavy atom. The highest BCUT2D eigenvalue weighted by Crippen LogP contribution is 2.39. The molecule has 1 nitrogen and oxygen atoms in total. The largest absolute Gasteiger partial charge is 0.389 e. The van der Waals surface area contributed by atoms with E-state index in [9.17, 15) is 5.11 Å². The Morgan fingerprint density at radius 1 is 1.36 bits per heavy atom. The van der Waals surface area contributed by atoms with Gasteiger partial charge in [-0.1, -0.05) is 32.0 Å². The Kier molecular flexibility index (Phi) is 2.15. The van der Waals surface area contributed by atoms with E-state index in [2.05, 4.69) is 26.0 Å². The molecular formula is C13H18O. The van der Waals surface area contributed by atoms with Gasteiger partial charge in [0.05, 0.1) is 6.10 Å². The zero-order valence-electron chi connectivity index (χ0n) is 9.17. The van der Waals surface area contributed by atoms with E-state index in [0.717, 1.165) is 5.56 Å². The smallest absolute Gasteiger partial charge is 0.0762 e. The van der Waals surface area contributed by atoms with Crippen LogP contribution >= 0.6 is 0 Å². The molecule has 1 aromatic rings. The van der Waals surface area contributed by atoms with Gasteiger partial charge in [-0.2, -0.15) is 0 Å². The van der Waals surface area contributed by atoms with Crippen LogP contribution in [-0.2, 0) is 11.8 Å². The molecule has 1 aromatic carbocycles. The molecule has 14 heavy (non-hydrogen) atoms. The summed E-state index contributed by atoms with van der Waals surface area (Å²) in [6.07, 6.45) is 2.06. The first kappa shape index (κ1) is 9.72. The van der Waals surface area contributed by atoms with Gasteiger partial charge in [-0.25, -0.2) is 0 Å². The van der Waals surface area contributed by atoms with E-state index in [4.69, 9.17) is 0 Å². The molecule has 0 aliphatic heterocycles. The highest BCUT2D eigenvalue weighted by atomic mass is 16.3. The van der Waals surface area contributed by atoms with E-state index in [-0.39, 0.29) is 6.10 Å². The molecule has 0 heterocycles. The van der Waals surface area contributed by atoms with Gasteiger partial charge in [0.2, 0.25) is 0 Å². The normalized spacial score (nSPS) is 20.6. The molecule has 0 fully saturated rings. The zero-order chi connectivity index (χ0) is 10.3. The summed E-state index contributed by atoms with van der Waals surface area (Å²) in [4.78, 5) is 0. The van der Waals surface area contributed by atoms with E-state index in [1.165, 1.54) is 24.0 Å². The van der Waals surface area contributed by atoms with Crippen LogP contribution in [-0.4, -0.2) is 5.11 Å². The summed E-state index contributed by atoms with van der Waals surface area (Å²) >= 11 is 0. The van der Waals surface area contributed by atoms with Crippen LogP contribution < -0.4 is 0 Å². The maximum atomic E-state index is 9.53. The zero-order valence-corrected chi connectivity index (χ0v) is 9.17. The molecule has 1 atom stereocenters. The molecule has 0 aromatic heterocycles. The minimum Gasteiger partial charge on any atom is -0.389 e. The molecule has 0 saturated carbocycles. The average Bonchev–Trinajstić information content (AvgIpc) is 2.42. The Morgan fingerprint density at radius 2 is 2.07 bits per heavy atom. The summed E-state index contributed by atoms with van der Waals surface area (Å²) in [6, 6.07) is 6.39. The third-order valence-electron chi connectivity index (χ3n) is 3.36. The third kappa shape index (κ3) is 1.46. The number of aryl methyl sites for hydroxylation is 1. The van der Waals surface area contributed by atoms with Gasteiger partial charge < -0.3 is 5.11 Å². The van der Waals surface area contributed by atoms with Gasteiger partial charge in [0.1, 0.15) is 0 Å². The average molecular weight is 190 g/mol. The lowest BCUT2D eigenvalue weighted by atomic mass is 9.85. The van der Waals surface area contributed by atoms with E-state index >= 15 is 0 Å². The molecule has 2 rings (SSSR count). The van der Waals surface area contributed by atoms with E-state index in [1.54, 1.807) is 0 Å². The van der Waals surface area contributed by atoms with Crippen molar-refractivity contribution in [1.82, 2.24) is 0 Å². The van der Waals surface area contributed by atoms with Crippen LogP contribution in [0.4, 0.5) is 0 Å². The van der Waals surface area contributed by atoms with Gasteiger partial charge in [0, 0.05) is 0 Å². The van der Waals surface area contributed by atoms with Gasteiger partial charge in [0.15, 0.2) is 0 Å².